The van der Waals surface area contributed by atoms with Gasteiger partial charge in [0.05, 0.1) is 16.9 Å². The molecule has 0 saturated heterocycles. The Morgan fingerprint density at radius 1 is 1.11 bits per heavy atom. The number of hydrogen-bond donors (Lipinski definition) is 1. The van der Waals surface area contributed by atoms with Gasteiger partial charge >= 0.3 is 5.97 Å². The van der Waals surface area contributed by atoms with Gasteiger partial charge in [0, 0.05) is 6.07 Å². The van der Waals surface area contributed by atoms with Crippen LogP contribution in [0.5, 0.6) is 0 Å². The normalized spacial score (nSPS) is 10.5. The van der Waals surface area contributed by atoms with Gasteiger partial charge in [0.15, 0.2) is 6.61 Å². The van der Waals surface area contributed by atoms with E-state index in [9.17, 15) is 18.4 Å². The molecule has 0 aliphatic rings. The summed E-state index contributed by atoms with van der Waals surface area (Å²) >= 11 is 0. The van der Waals surface area contributed by atoms with Gasteiger partial charge in [0.25, 0.3) is 5.91 Å². The van der Waals surface area contributed by atoms with Crippen LogP contribution < -0.4 is 5.32 Å². The maximum atomic E-state index is 13.5. The molecule has 1 N–H and O–H groups in total. The summed E-state index contributed by atoms with van der Waals surface area (Å²) in [6, 6.07) is 12.5. The number of rotatable bonds is 5. The van der Waals surface area contributed by atoms with Crippen LogP contribution in [0.4, 0.5) is 14.6 Å². The molecule has 1 heterocycles. The quantitative estimate of drug-likeness (QED) is 0.699. The van der Waals surface area contributed by atoms with Crippen molar-refractivity contribution < 1.29 is 23.1 Å². The van der Waals surface area contributed by atoms with Crippen LogP contribution in [0.25, 0.3) is 5.69 Å². The number of ether oxygens (including phenoxy) is 1. The topological polar surface area (TPSA) is 73.2 Å². The van der Waals surface area contributed by atoms with E-state index in [1.54, 1.807) is 13.0 Å². The van der Waals surface area contributed by atoms with Crippen molar-refractivity contribution in [1.82, 2.24) is 9.78 Å². The molecule has 0 aliphatic heterocycles. The summed E-state index contributed by atoms with van der Waals surface area (Å²) in [5.74, 6) is -2.36. The fourth-order valence-corrected chi connectivity index (χ4v) is 2.38. The van der Waals surface area contributed by atoms with E-state index in [1.165, 1.54) is 47.1 Å². The van der Waals surface area contributed by atoms with Crippen LogP contribution >= 0.6 is 0 Å². The molecule has 3 aromatic rings. The van der Waals surface area contributed by atoms with Crippen LogP contribution in [0, 0.1) is 18.6 Å². The molecule has 1 amide bonds. The minimum Gasteiger partial charge on any atom is -0.452 e. The number of aromatic nitrogens is 2. The smallest absolute Gasteiger partial charge is 0.341 e. The number of esters is 1. The molecule has 0 spiro atoms. The first-order valence-electron chi connectivity index (χ1n) is 7.98. The summed E-state index contributed by atoms with van der Waals surface area (Å²) in [7, 11) is 0. The zero-order chi connectivity index (χ0) is 19.4. The van der Waals surface area contributed by atoms with Crippen molar-refractivity contribution in [2.45, 2.75) is 6.92 Å². The van der Waals surface area contributed by atoms with Crippen molar-refractivity contribution >= 4 is 17.7 Å². The van der Waals surface area contributed by atoms with Gasteiger partial charge < -0.3 is 10.1 Å². The van der Waals surface area contributed by atoms with Crippen molar-refractivity contribution in [3.8, 4) is 5.69 Å². The molecule has 1 aromatic heterocycles. The maximum absolute atomic E-state index is 13.5. The molecule has 8 heteroatoms. The third-order valence-electron chi connectivity index (χ3n) is 3.60. The van der Waals surface area contributed by atoms with Crippen molar-refractivity contribution in [2.75, 3.05) is 11.9 Å². The first-order chi connectivity index (χ1) is 12.9. The molecule has 27 heavy (non-hydrogen) atoms. The van der Waals surface area contributed by atoms with Crippen molar-refractivity contribution in [1.29, 1.82) is 0 Å². The Bertz CT molecular complexity index is 984. The lowest BCUT2D eigenvalue weighted by Crippen LogP contribution is -2.22. The van der Waals surface area contributed by atoms with Crippen molar-refractivity contribution in [3.05, 3.63) is 77.5 Å². The Balaban J connectivity index is 1.67. The predicted molar refractivity (Wildman–Crippen MR) is 93.6 cm³/mol. The van der Waals surface area contributed by atoms with Crippen LogP contribution in [-0.4, -0.2) is 28.3 Å². The van der Waals surface area contributed by atoms with Gasteiger partial charge in [-0.3, -0.25) is 4.79 Å². The molecule has 6 nitrogen and oxygen atoms in total. The zero-order valence-corrected chi connectivity index (χ0v) is 14.3. The predicted octanol–water partition coefficient (Wildman–Crippen LogP) is 3.25. The summed E-state index contributed by atoms with van der Waals surface area (Å²) in [5, 5.41) is 6.80. The summed E-state index contributed by atoms with van der Waals surface area (Å²) < 4.78 is 32.9. The van der Waals surface area contributed by atoms with Crippen LogP contribution in [0.3, 0.4) is 0 Å². The highest BCUT2D eigenvalue weighted by atomic mass is 19.1. The van der Waals surface area contributed by atoms with Gasteiger partial charge in [0.1, 0.15) is 17.5 Å². The molecule has 2 aromatic carbocycles. The lowest BCUT2D eigenvalue weighted by Gasteiger charge is -2.09. The van der Waals surface area contributed by atoms with E-state index < -0.39 is 30.1 Å². The Morgan fingerprint density at radius 3 is 2.52 bits per heavy atom. The maximum Gasteiger partial charge on any atom is 0.341 e. The lowest BCUT2D eigenvalue weighted by atomic mass is 10.2. The first-order valence-corrected chi connectivity index (χ1v) is 7.98. The van der Waals surface area contributed by atoms with Gasteiger partial charge in [-0.25, -0.2) is 18.3 Å². The number of carbonyl (C=O) groups is 2. The van der Waals surface area contributed by atoms with E-state index in [0.29, 0.717) is 17.2 Å². The second-order valence-corrected chi connectivity index (χ2v) is 5.66. The van der Waals surface area contributed by atoms with E-state index >= 15 is 0 Å². The summed E-state index contributed by atoms with van der Waals surface area (Å²) in [4.78, 5) is 23.9. The molecular formula is C19H15F2N3O3. The van der Waals surface area contributed by atoms with Crippen LogP contribution in [0.1, 0.15) is 16.1 Å². The van der Waals surface area contributed by atoms with Crippen molar-refractivity contribution in [3.63, 3.8) is 0 Å². The van der Waals surface area contributed by atoms with Crippen LogP contribution in [0.15, 0.2) is 54.6 Å². The fourth-order valence-electron chi connectivity index (χ4n) is 2.38. The second-order valence-electron chi connectivity index (χ2n) is 5.66. The molecule has 0 saturated carbocycles. The highest BCUT2D eigenvalue weighted by molar-refractivity contribution is 5.95. The molecule has 0 aliphatic carbocycles. The molecule has 3 rings (SSSR count). The molecule has 0 unspecified atom stereocenters. The number of aryl methyl sites for hydroxylation is 1. The van der Waals surface area contributed by atoms with E-state index in [0.717, 1.165) is 6.07 Å². The van der Waals surface area contributed by atoms with Gasteiger partial charge in [-0.05, 0) is 43.3 Å². The number of amides is 1. The highest BCUT2D eigenvalue weighted by Crippen LogP contribution is 2.17. The monoisotopic (exact) mass is 371 g/mol. The van der Waals surface area contributed by atoms with E-state index in [2.05, 4.69) is 10.4 Å². The Hall–Kier alpha value is -3.55. The Kier molecular flexibility index (Phi) is 5.25. The summed E-state index contributed by atoms with van der Waals surface area (Å²) in [6.07, 6.45) is 0. The number of halogens is 2. The van der Waals surface area contributed by atoms with E-state index in [4.69, 9.17) is 4.74 Å². The number of carbonyl (C=O) groups excluding carboxylic acids is 2. The molecule has 0 atom stereocenters. The average molecular weight is 371 g/mol. The Morgan fingerprint density at radius 2 is 1.81 bits per heavy atom. The Labute approximate surface area is 153 Å². The zero-order valence-electron chi connectivity index (χ0n) is 14.3. The van der Waals surface area contributed by atoms with Gasteiger partial charge in [-0.1, -0.05) is 12.1 Å². The minimum atomic E-state index is -0.938. The standard InChI is InChI=1S/C19H15F2N3O3/c1-12-10-17(24(23-12)14-8-6-13(20)7-9-14)22-18(25)11-27-19(26)15-4-2-3-5-16(15)21/h2-10H,11H2,1H3,(H,22,25). The molecule has 0 radical (unpaired) electrons. The number of hydrogen-bond acceptors (Lipinski definition) is 4. The van der Waals surface area contributed by atoms with Gasteiger partial charge in [-0.2, -0.15) is 5.10 Å². The lowest BCUT2D eigenvalue weighted by molar-refractivity contribution is -0.119. The first kappa shape index (κ1) is 18.2. The number of nitrogens with one attached hydrogen (secondary N) is 1. The number of benzene rings is 2. The average Bonchev–Trinajstić information content (AvgIpc) is 3.01. The molecular weight excluding hydrogens is 356 g/mol. The van der Waals surface area contributed by atoms with Gasteiger partial charge in [0.2, 0.25) is 0 Å². The highest BCUT2D eigenvalue weighted by Gasteiger charge is 2.16. The third-order valence-corrected chi connectivity index (χ3v) is 3.60. The minimum absolute atomic E-state index is 0.252. The van der Waals surface area contributed by atoms with Gasteiger partial charge in [-0.15, -0.1) is 0 Å². The molecule has 138 valence electrons. The largest absolute Gasteiger partial charge is 0.452 e. The SMILES string of the molecule is Cc1cc(NC(=O)COC(=O)c2ccccc2F)n(-c2ccc(F)cc2)n1. The third kappa shape index (κ3) is 4.35. The molecule has 0 fully saturated rings. The van der Waals surface area contributed by atoms with Crippen LogP contribution in [0.2, 0.25) is 0 Å². The van der Waals surface area contributed by atoms with E-state index in [-0.39, 0.29) is 5.56 Å². The number of nitrogens with zero attached hydrogens (tertiary/aromatic N) is 2. The number of anilines is 1. The molecule has 0 bridgehead atoms. The fraction of sp³-hybridized carbons (Fsp3) is 0.105. The second kappa shape index (κ2) is 7.77. The van der Waals surface area contributed by atoms with E-state index in [1.807, 2.05) is 0 Å². The van der Waals surface area contributed by atoms with Crippen LogP contribution in [-0.2, 0) is 9.53 Å². The summed E-state index contributed by atoms with van der Waals surface area (Å²) in [6.45, 7) is 1.13. The summed E-state index contributed by atoms with van der Waals surface area (Å²) in [5.41, 5.74) is 0.915. The van der Waals surface area contributed by atoms with Crippen molar-refractivity contribution in [2.24, 2.45) is 0 Å².